The monoisotopic (exact) mass is 652 g/mol. The average molecular weight is 653 g/mol. The first-order valence-corrected chi connectivity index (χ1v) is 14.8. The molecule has 0 aliphatic rings. The molecule has 0 saturated heterocycles. The SMILES string of the molecule is CCCCCCCc1cc(F)c(CCc2ccc(-c3cc(F)c(-c4cc(F)c(/C=C/C(F)(F)F)c(F)c4)c(F)c3)c(F)c2)c(F)c1. The summed E-state index contributed by atoms with van der Waals surface area (Å²) in [6.07, 6.45) is 0.620. The highest BCUT2D eigenvalue weighted by Gasteiger charge is 2.24. The van der Waals surface area contributed by atoms with Gasteiger partial charge in [0.25, 0.3) is 0 Å². The quantitative estimate of drug-likeness (QED) is 0.106. The van der Waals surface area contributed by atoms with Gasteiger partial charge in [-0.05, 0) is 96.5 Å². The molecule has 0 aromatic heterocycles. The van der Waals surface area contributed by atoms with E-state index in [0.29, 0.717) is 29.7 Å². The number of aryl methyl sites for hydroxylation is 2. The molecular formula is C36H30F10. The number of rotatable bonds is 12. The molecular weight excluding hydrogens is 622 g/mol. The molecule has 0 aliphatic carbocycles. The molecule has 0 spiro atoms. The zero-order valence-electron chi connectivity index (χ0n) is 24.8. The van der Waals surface area contributed by atoms with Crippen molar-refractivity contribution in [3.05, 3.63) is 124 Å². The van der Waals surface area contributed by atoms with Gasteiger partial charge in [0.1, 0.15) is 40.7 Å². The van der Waals surface area contributed by atoms with Gasteiger partial charge in [0.2, 0.25) is 0 Å². The molecule has 0 saturated carbocycles. The molecule has 0 nitrogen and oxygen atoms in total. The van der Waals surface area contributed by atoms with Crippen LogP contribution in [0.4, 0.5) is 43.9 Å². The molecule has 4 rings (SSSR count). The molecule has 4 aromatic carbocycles. The molecule has 10 heteroatoms. The van der Waals surface area contributed by atoms with Crippen LogP contribution in [0.5, 0.6) is 0 Å². The van der Waals surface area contributed by atoms with Crippen LogP contribution in [-0.4, -0.2) is 6.18 Å². The van der Waals surface area contributed by atoms with E-state index >= 15 is 13.2 Å². The molecule has 0 fully saturated rings. The molecule has 0 atom stereocenters. The summed E-state index contributed by atoms with van der Waals surface area (Å²) in [5, 5.41) is 0. The largest absolute Gasteiger partial charge is 0.409 e. The Bertz CT molecular complexity index is 1650. The second-order valence-electron chi connectivity index (χ2n) is 11.1. The van der Waals surface area contributed by atoms with Crippen molar-refractivity contribution in [3.63, 3.8) is 0 Å². The van der Waals surface area contributed by atoms with Crippen molar-refractivity contribution in [3.8, 4) is 22.3 Å². The van der Waals surface area contributed by atoms with E-state index in [2.05, 4.69) is 6.92 Å². The van der Waals surface area contributed by atoms with E-state index < -0.39 is 63.6 Å². The third-order valence-corrected chi connectivity index (χ3v) is 7.63. The second kappa shape index (κ2) is 15.0. The van der Waals surface area contributed by atoms with Crippen LogP contribution in [-0.2, 0) is 19.3 Å². The average Bonchev–Trinajstić information content (AvgIpc) is 2.95. The van der Waals surface area contributed by atoms with Gasteiger partial charge < -0.3 is 0 Å². The summed E-state index contributed by atoms with van der Waals surface area (Å²) < 4.78 is 141. The Labute approximate surface area is 260 Å². The molecule has 0 radical (unpaired) electrons. The summed E-state index contributed by atoms with van der Waals surface area (Å²) in [7, 11) is 0. The van der Waals surface area contributed by atoms with E-state index in [1.54, 1.807) is 0 Å². The van der Waals surface area contributed by atoms with Gasteiger partial charge in [-0.2, -0.15) is 13.2 Å². The number of unbranched alkanes of at least 4 members (excludes halogenated alkanes) is 4. The Balaban J connectivity index is 1.49. The number of hydrogen-bond donors (Lipinski definition) is 0. The Morgan fingerprint density at radius 2 is 1.11 bits per heavy atom. The minimum absolute atomic E-state index is 0.0525. The molecule has 0 unspecified atom stereocenters. The Hall–Kier alpha value is -4.08. The Kier molecular flexibility index (Phi) is 11.3. The number of halogens is 10. The van der Waals surface area contributed by atoms with E-state index in [-0.39, 0.29) is 41.7 Å². The third-order valence-electron chi connectivity index (χ3n) is 7.63. The fraction of sp³-hybridized carbons (Fsp3) is 0.278. The van der Waals surface area contributed by atoms with Crippen LogP contribution in [0.1, 0.15) is 61.3 Å². The van der Waals surface area contributed by atoms with Crippen molar-refractivity contribution >= 4 is 6.08 Å². The maximum atomic E-state index is 15.1. The van der Waals surface area contributed by atoms with Crippen molar-refractivity contribution in [1.82, 2.24) is 0 Å². The highest BCUT2D eigenvalue weighted by atomic mass is 19.4. The highest BCUT2D eigenvalue weighted by Crippen LogP contribution is 2.34. The van der Waals surface area contributed by atoms with Crippen LogP contribution in [0, 0.1) is 40.7 Å². The molecule has 0 amide bonds. The summed E-state index contributed by atoms with van der Waals surface area (Å²) in [6, 6.07) is 8.88. The van der Waals surface area contributed by atoms with Crippen LogP contribution in [0.2, 0.25) is 0 Å². The second-order valence-corrected chi connectivity index (χ2v) is 11.1. The molecule has 244 valence electrons. The topological polar surface area (TPSA) is 0 Å². The van der Waals surface area contributed by atoms with Gasteiger partial charge in [0.15, 0.2) is 0 Å². The van der Waals surface area contributed by atoms with Crippen LogP contribution >= 0.6 is 0 Å². The van der Waals surface area contributed by atoms with Gasteiger partial charge in [-0.25, -0.2) is 30.7 Å². The molecule has 0 N–H and O–H groups in total. The van der Waals surface area contributed by atoms with E-state index in [1.807, 2.05) is 0 Å². The van der Waals surface area contributed by atoms with Crippen molar-refractivity contribution < 1.29 is 43.9 Å². The molecule has 0 bridgehead atoms. The van der Waals surface area contributed by atoms with Gasteiger partial charge in [0, 0.05) is 22.8 Å². The summed E-state index contributed by atoms with van der Waals surface area (Å²) >= 11 is 0. The first kappa shape index (κ1) is 34.8. The highest BCUT2D eigenvalue weighted by molar-refractivity contribution is 5.73. The summed E-state index contributed by atoms with van der Waals surface area (Å²) in [5.74, 6) is -7.79. The van der Waals surface area contributed by atoms with Crippen molar-refractivity contribution in [1.29, 1.82) is 0 Å². The lowest BCUT2D eigenvalue weighted by Gasteiger charge is -2.12. The van der Waals surface area contributed by atoms with Crippen LogP contribution in [0.3, 0.4) is 0 Å². The van der Waals surface area contributed by atoms with Crippen LogP contribution in [0.15, 0.2) is 60.7 Å². The lowest BCUT2D eigenvalue weighted by atomic mass is 9.95. The third kappa shape index (κ3) is 8.79. The number of alkyl halides is 3. The van der Waals surface area contributed by atoms with Crippen molar-refractivity contribution in [2.75, 3.05) is 0 Å². The number of allylic oxidation sites excluding steroid dienone is 1. The standard InChI is InChI=1S/C36H30F10/c1-2-3-4-5-6-7-22-15-29(38)26(30(39)16-22)11-9-21-8-10-25(28(37)14-21)23-17-33(42)35(34(43)18-23)24-19-31(40)27(32(41)20-24)12-13-36(44,45)46/h8,10,12-20H,2-7,9,11H2,1H3/b13-12+. The van der Waals surface area contributed by atoms with Gasteiger partial charge >= 0.3 is 6.18 Å². The Morgan fingerprint density at radius 3 is 1.67 bits per heavy atom. The molecule has 0 aliphatic heterocycles. The van der Waals surface area contributed by atoms with Gasteiger partial charge in [-0.15, -0.1) is 0 Å². The smallest absolute Gasteiger partial charge is 0.207 e. The van der Waals surface area contributed by atoms with Crippen molar-refractivity contribution in [2.24, 2.45) is 0 Å². The first-order chi connectivity index (χ1) is 21.8. The predicted molar refractivity (Wildman–Crippen MR) is 158 cm³/mol. The van der Waals surface area contributed by atoms with Gasteiger partial charge in [-0.3, -0.25) is 0 Å². The lowest BCUT2D eigenvalue weighted by Crippen LogP contribution is -2.02. The fourth-order valence-electron chi connectivity index (χ4n) is 5.26. The van der Waals surface area contributed by atoms with E-state index in [1.165, 1.54) is 24.3 Å². The maximum Gasteiger partial charge on any atom is 0.409 e. The lowest BCUT2D eigenvalue weighted by molar-refractivity contribution is -0.0790. The van der Waals surface area contributed by atoms with Crippen LogP contribution in [0.25, 0.3) is 28.3 Å². The molecule has 4 aromatic rings. The van der Waals surface area contributed by atoms with Gasteiger partial charge in [0.05, 0.1) is 5.56 Å². The van der Waals surface area contributed by atoms with E-state index in [4.69, 9.17) is 0 Å². The summed E-state index contributed by atoms with van der Waals surface area (Å²) in [5.41, 5.74) is -2.15. The first-order valence-electron chi connectivity index (χ1n) is 14.8. The maximum absolute atomic E-state index is 15.1. The normalized spacial score (nSPS) is 12.0. The van der Waals surface area contributed by atoms with Crippen LogP contribution < -0.4 is 0 Å². The number of benzene rings is 4. The zero-order valence-corrected chi connectivity index (χ0v) is 24.8. The predicted octanol–water partition coefficient (Wildman–Crippen LogP) is 11.9. The minimum atomic E-state index is -4.84. The summed E-state index contributed by atoms with van der Waals surface area (Å²) in [6.45, 7) is 2.10. The van der Waals surface area contributed by atoms with E-state index in [0.717, 1.165) is 50.3 Å². The summed E-state index contributed by atoms with van der Waals surface area (Å²) in [4.78, 5) is 0. The fourth-order valence-corrected chi connectivity index (χ4v) is 5.26. The molecule has 46 heavy (non-hydrogen) atoms. The minimum Gasteiger partial charge on any atom is -0.207 e. The van der Waals surface area contributed by atoms with Crippen molar-refractivity contribution in [2.45, 2.75) is 64.5 Å². The molecule has 0 heterocycles. The van der Waals surface area contributed by atoms with Gasteiger partial charge in [-0.1, -0.05) is 44.7 Å². The Morgan fingerprint density at radius 1 is 0.543 bits per heavy atom. The number of hydrogen-bond acceptors (Lipinski definition) is 0. The zero-order chi connectivity index (χ0) is 33.6. The van der Waals surface area contributed by atoms with E-state index in [9.17, 15) is 30.7 Å².